The van der Waals surface area contributed by atoms with Crippen LogP contribution in [0.2, 0.25) is 0 Å². The summed E-state index contributed by atoms with van der Waals surface area (Å²) < 4.78 is 16.5. The Morgan fingerprint density at radius 3 is 2.96 bits per heavy atom. The standard InChI is InChI=1S/C19H24N4O4/c1-25-15-3-2-4-16(11-15)27-18-6-5-14(12-21-18)22-19(24)23-9-10-26-17(13-23)7-8-20/h2-6,11-12,17H,7-10,13,20H2,1H3,(H,22,24)/t17-/m1/s1. The number of methoxy groups -OCH3 is 1. The number of pyridine rings is 1. The van der Waals surface area contributed by atoms with E-state index in [0.29, 0.717) is 49.3 Å². The molecule has 0 aliphatic carbocycles. The van der Waals surface area contributed by atoms with Gasteiger partial charge in [0, 0.05) is 25.2 Å². The van der Waals surface area contributed by atoms with Gasteiger partial charge in [0.15, 0.2) is 0 Å². The van der Waals surface area contributed by atoms with Crippen LogP contribution in [0.3, 0.4) is 0 Å². The van der Waals surface area contributed by atoms with E-state index < -0.39 is 0 Å². The summed E-state index contributed by atoms with van der Waals surface area (Å²) >= 11 is 0. The predicted octanol–water partition coefficient (Wildman–Crippen LogP) is 2.46. The molecule has 2 heterocycles. The highest BCUT2D eigenvalue weighted by Gasteiger charge is 2.23. The SMILES string of the molecule is COc1cccc(Oc2ccc(NC(=O)N3CCO[C@H](CCN)C3)cn2)c1. The van der Waals surface area contributed by atoms with Crippen molar-refractivity contribution in [3.8, 4) is 17.4 Å². The highest BCUT2D eigenvalue weighted by Crippen LogP contribution is 2.24. The minimum atomic E-state index is -0.177. The first-order valence-corrected chi connectivity index (χ1v) is 8.83. The number of rotatable bonds is 6. The van der Waals surface area contributed by atoms with E-state index in [2.05, 4.69) is 10.3 Å². The monoisotopic (exact) mass is 372 g/mol. The molecule has 0 spiro atoms. The fourth-order valence-corrected chi connectivity index (χ4v) is 2.77. The van der Waals surface area contributed by atoms with Crippen molar-refractivity contribution in [2.45, 2.75) is 12.5 Å². The molecule has 2 aromatic rings. The number of nitrogens with two attached hydrogens (primary N) is 1. The molecule has 144 valence electrons. The average Bonchev–Trinajstić information content (AvgIpc) is 2.70. The van der Waals surface area contributed by atoms with Gasteiger partial charge in [-0.15, -0.1) is 0 Å². The molecule has 0 unspecified atom stereocenters. The van der Waals surface area contributed by atoms with Crippen LogP contribution in [0.1, 0.15) is 6.42 Å². The summed E-state index contributed by atoms with van der Waals surface area (Å²) in [7, 11) is 1.60. The number of ether oxygens (including phenoxy) is 3. The van der Waals surface area contributed by atoms with Gasteiger partial charge in [-0.05, 0) is 31.2 Å². The Morgan fingerprint density at radius 1 is 1.37 bits per heavy atom. The average molecular weight is 372 g/mol. The second-order valence-electron chi connectivity index (χ2n) is 6.11. The van der Waals surface area contributed by atoms with Crippen molar-refractivity contribution in [3.63, 3.8) is 0 Å². The van der Waals surface area contributed by atoms with Gasteiger partial charge in [-0.2, -0.15) is 0 Å². The van der Waals surface area contributed by atoms with Crippen molar-refractivity contribution < 1.29 is 19.0 Å². The molecule has 8 nitrogen and oxygen atoms in total. The van der Waals surface area contributed by atoms with Crippen molar-refractivity contribution in [1.29, 1.82) is 0 Å². The first kappa shape index (κ1) is 18.9. The highest BCUT2D eigenvalue weighted by atomic mass is 16.5. The van der Waals surface area contributed by atoms with Crippen LogP contribution in [0.15, 0.2) is 42.6 Å². The van der Waals surface area contributed by atoms with Gasteiger partial charge >= 0.3 is 6.03 Å². The van der Waals surface area contributed by atoms with E-state index in [9.17, 15) is 4.79 Å². The normalized spacial score (nSPS) is 16.7. The van der Waals surface area contributed by atoms with E-state index in [4.69, 9.17) is 19.9 Å². The Kier molecular flexibility index (Phi) is 6.45. The van der Waals surface area contributed by atoms with Gasteiger partial charge in [0.05, 0.1) is 31.7 Å². The number of amides is 2. The minimum absolute atomic E-state index is 0.00809. The zero-order chi connectivity index (χ0) is 19.1. The topological polar surface area (TPSA) is 98.9 Å². The summed E-state index contributed by atoms with van der Waals surface area (Å²) in [5, 5.41) is 2.85. The van der Waals surface area contributed by atoms with E-state index in [0.717, 1.165) is 6.42 Å². The molecule has 3 N–H and O–H groups in total. The van der Waals surface area contributed by atoms with Crippen molar-refractivity contribution in [3.05, 3.63) is 42.6 Å². The van der Waals surface area contributed by atoms with Crippen LogP contribution in [0.5, 0.6) is 17.4 Å². The number of carbonyl (C=O) groups excluding carboxylic acids is 1. The van der Waals surface area contributed by atoms with Crippen LogP contribution in [-0.2, 0) is 4.74 Å². The lowest BCUT2D eigenvalue weighted by Gasteiger charge is -2.32. The highest BCUT2D eigenvalue weighted by molar-refractivity contribution is 5.89. The summed E-state index contributed by atoms with van der Waals surface area (Å²) in [5.41, 5.74) is 6.16. The first-order valence-electron chi connectivity index (χ1n) is 8.83. The molecule has 0 bridgehead atoms. The molecular weight excluding hydrogens is 348 g/mol. The quantitative estimate of drug-likeness (QED) is 0.808. The summed E-state index contributed by atoms with van der Waals surface area (Å²) in [6.45, 7) is 2.15. The molecule has 8 heteroatoms. The van der Waals surface area contributed by atoms with Gasteiger partial charge in [-0.1, -0.05) is 6.07 Å². The maximum atomic E-state index is 12.4. The predicted molar refractivity (Wildman–Crippen MR) is 101 cm³/mol. The number of benzene rings is 1. The Balaban J connectivity index is 1.56. The summed E-state index contributed by atoms with van der Waals surface area (Å²) in [4.78, 5) is 18.4. The van der Waals surface area contributed by atoms with Crippen LogP contribution in [0.4, 0.5) is 10.5 Å². The fraction of sp³-hybridized carbons (Fsp3) is 0.368. The molecule has 1 aliphatic heterocycles. The summed E-state index contributed by atoms with van der Waals surface area (Å²) in [6.07, 6.45) is 2.29. The third kappa shape index (κ3) is 5.32. The number of hydrogen-bond donors (Lipinski definition) is 2. The van der Waals surface area contributed by atoms with E-state index >= 15 is 0 Å². The molecular formula is C19H24N4O4. The van der Waals surface area contributed by atoms with Crippen molar-refractivity contribution >= 4 is 11.7 Å². The molecule has 1 aromatic heterocycles. The number of hydrogen-bond acceptors (Lipinski definition) is 6. The first-order chi connectivity index (χ1) is 13.2. The van der Waals surface area contributed by atoms with E-state index in [1.165, 1.54) is 0 Å². The molecule has 1 aromatic carbocycles. The van der Waals surface area contributed by atoms with Crippen LogP contribution < -0.4 is 20.5 Å². The van der Waals surface area contributed by atoms with Gasteiger partial charge in [-0.25, -0.2) is 9.78 Å². The summed E-state index contributed by atoms with van der Waals surface area (Å²) in [5.74, 6) is 1.75. The molecule has 3 rings (SSSR count). The Hall–Kier alpha value is -2.84. The maximum absolute atomic E-state index is 12.4. The van der Waals surface area contributed by atoms with Gasteiger partial charge in [0.2, 0.25) is 5.88 Å². The van der Waals surface area contributed by atoms with Crippen LogP contribution in [0.25, 0.3) is 0 Å². The van der Waals surface area contributed by atoms with Crippen molar-refractivity contribution in [2.24, 2.45) is 5.73 Å². The lowest BCUT2D eigenvalue weighted by atomic mass is 10.2. The lowest BCUT2D eigenvalue weighted by molar-refractivity contribution is -0.0146. The van der Waals surface area contributed by atoms with Crippen LogP contribution in [0, 0.1) is 0 Å². The largest absolute Gasteiger partial charge is 0.497 e. The molecule has 1 fully saturated rings. The molecule has 1 saturated heterocycles. The van der Waals surface area contributed by atoms with Crippen LogP contribution >= 0.6 is 0 Å². The number of morpholine rings is 1. The Morgan fingerprint density at radius 2 is 2.22 bits per heavy atom. The number of nitrogens with zero attached hydrogens (tertiary/aromatic N) is 2. The number of nitrogens with one attached hydrogen (secondary N) is 1. The fourth-order valence-electron chi connectivity index (χ4n) is 2.77. The van der Waals surface area contributed by atoms with Gasteiger partial charge in [0.25, 0.3) is 0 Å². The second kappa shape index (κ2) is 9.20. The molecule has 2 amide bonds. The summed E-state index contributed by atoms with van der Waals surface area (Å²) in [6, 6.07) is 10.5. The molecule has 0 saturated carbocycles. The smallest absolute Gasteiger partial charge is 0.322 e. The molecule has 0 radical (unpaired) electrons. The molecule has 1 atom stereocenters. The molecule has 27 heavy (non-hydrogen) atoms. The van der Waals surface area contributed by atoms with E-state index in [1.807, 2.05) is 18.2 Å². The van der Waals surface area contributed by atoms with Gasteiger partial charge < -0.3 is 30.2 Å². The lowest BCUT2D eigenvalue weighted by Crippen LogP contribution is -2.47. The molecule has 1 aliphatic rings. The maximum Gasteiger partial charge on any atom is 0.322 e. The zero-order valence-corrected chi connectivity index (χ0v) is 15.3. The van der Waals surface area contributed by atoms with Gasteiger partial charge in [-0.3, -0.25) is 0 Å². The second-order valence-corrected chi connectivity index (χ2v) is 6.11. The number of urea groups is 1. The van der Waals surface area contributed by atoms with Crippen LogP contribution in [-0.4, -0.2) is 55.4 Å². The van der Waals surface area contributed by atoms with Crippen molar-refractivity contribution in [2.75, 3.05) is 38.7 Å². The third-order valence-corrected chi connectivity index (χ3v) is 4.17. The zero-order valence-electron chi connectivity index (χ0n) is 15.3. The third-order valence-electron chi connectivity index (χ3n) is 4.17. The van der Waals surface area contributed by atoms with Crippen molar-refractivity contribution in [1.82, 2.24) is 9.88 Å². The Labute approximate surface area is 158 Å². The number of carbonyl (C=O) groups is 1. The number of aromatic nitrogens is 1. The Bertz CT molecular complexity index is 752. The van der Waals surface area contributed by atoms with E-state index in [1.54, 1.807) is 36.4 Å². The number of anilines is 1. The minimum Gasteiger partial charge on any atom is -0.497 e. The van der Waals surface area contributed by atoms with Gasteiger partial charge in [0.1, 0.15) is 11.5 Å². The van der Waals surface area contributed by atoms with E-state index in [-0.39, 0.29) is 12.1 Å².